The van der Waals surface area contributed by atoms with Crippen LogP contribution in [0.4, 0.5) is 0 Å². The standard InChI is InChI=1S/C15H30O6S/c1-2-3-4-5-6-7-8-9-10-12-15(16)20-13-11-14-21-22(17,18)19/h2-14H2,1H3,(H,17,18,19). The molecule has 0 amide bonds. The fourth-order valence-corrected chi connectivity index (χ4v) is 2.39. The van der Waals surface area contributed by atoms with E-state index in [-0.39, 0.29) is 25.6 Å². The molecule has 0 unspecified atom stereocenters. The topological polar surface area (TPSA) is 89.9 Å². The third kappa shape index (κ3) is 17.4. The van der Waals surface area contributed by atoms with Crippen LogP contribution in [0.15, 0.2) is 0 Å². The van der Waals surface area contributed by atoms with Crippen LogP contribution in [0, 0.1) is 0 Å². The highest BCUT2D eigenvalue weighted by Gasteiger charge is 2.05. The van der Waals surface area contributed by atoms with Gasteiger partial charge in [0.15, 0.2) is 0 Å². The van der Waals surface area contributed by atoms with Crippen LogP contribution in [-0.4, -0.2) is 32.2 Å². The number of esters is 1. The van der Waals surface area contributed by atoms with Crippen molar-refractivity contribution in [3.8, 4) is 0 Å². The number of rotatable bonds is 15. The molecule has 0 aromatic rings. The van der Waals surface area contributed by atoms with Crippen molar-refractivity contribution in [2.24, 2.45) is 0 Å². The van der Waals surface area contributed by atoms with Crippen molar-refractivity contribution in [1.29, 1.82) is 0 Å². The smallest absolute Gasteiger partial charge is 0.397 e. The molecule has 0 aliphatic rings. The lowest BCUT2D eigenvalue weighted by molar-refractivity contribution is -0.144. The fourth-order valence-electron chi connectivity index (χ4n) is 2.06. The van der Waals surface area contributed by atoms with Gasteiger partial charge in [0.05, 0.1) is 13.2 Å². The second-order valence-electron chi connectivity index (χ2n) is 5.40. The predicted octanol–water partition coefficient (Wildman–Crippen LogP) is 3.66. The van der Waals surface area contributed by atoms with Crippen molar-refractivity contribution in [2.45, 2.75) is 77.6 Å². The minimum atomic E-state index is -4.40. The van der Waals surface area contributed by atoms with Gasteiger partial charge < -0.3 is 4.74 Å². The molecule has 0 saturated heterocycles. The molecule has 6 nitrogen and oxygen atoms in total. The van der Waals surface area contributed by atoms with Gasteiger partial charge in [0.25, 0.3) is 0 Å². The van der Waals surface area contributed by atoms with Crippen LogP contribution in [0.25, 0.3) is 0 Å². The Morgan fingerprint density at radius 3 is 1.95 bits per heavy atom. The van der Waals surface area contributed by atoms with Crippen LogP contribution in [0.2, 0.25) is 0 Å². The van der Waals surface area contributed by atoms with Gasteiger partial charge in [-0.15, -0.1) is 0 Å². The molecule has 7 heteroatoms. The Balaban J connectivity index is 3.26. The lowest BCUT2D eigenvalue weighted by atomic mass is 10.1. The van der Waals surface area contributed by atoms with Gasteiger partial charge in [-0.1, -0.05) is 58.3 Å². The number of carbonyl (C=O) groups is 1. The van der Waals surface area contributed by atoms with Gasteiger partial charge in [-0.05, 0) is 6.42 Å². The second kappa shape index (κ2) is 14.0. The molecule has 0 fully saturated rings. The number of ether oxygens (including phenoxy) is 1. The highest BCUT2D eigenvalue weighted by atomic mass is 32.3. The quantitative estimate of drug-likeness (QED) is 0.278. The molecule has 0 radical (unpaired) electrons. The summed E-state index contributed by atoms with van der Waals surface area (Å²) < 4.78 is 37.9. The number of carbonyl (C=O) groups excluding carboxylic acids is 1. The van der Waals surface area contributed by atoms with E-state index in [0.717, 1.165) is 19.3 Å². The van der Waals surface area contributed by atoms with Crippen LogP contribution in [-0.2, 0) is 24.1 Å². The molecule has 0 heterocycles. The Labute approximate surface area is 134 Å². The van der Waals surface area contributed by atoms with E-state index in [9.17, 15) is 13.2 Å². The summed E-state index contributed by atoms with van der Waals surface area (Å²) in [5.41, 5.74) is 0. The van der Waals surface area contributed by atoms with Gasteiger partial charge in [0, 0.05) is 12.8 Å². The van der Waals surface area contributed by atoms with E-state index in [1.807, 2.05) is 0 Å². The molecule has 0 spiro atoms. The Kier molecular flexibility index (Phi) is 13.5. The third-order valence-electron chi connectivity index (χ3n) is 3.27. The lowest BCUT2D eigenvalue weighted by Crippen LogP contribution is -2.10. The summed E-state index contributed by atoms with van der Waals surface area (Å²) in [6.07, 6.45) is 11.4. The summed E-state index contributed by atoms with van der Waals surface area (Å²) in [7, 11) is -4.40. The highest BCUT2D eigenvalue weighted by Crippen LogP contribution is 2.10. The normalized spacial score (nSPS) is 11.5. The maximum absolute atomic E-state index is 11.4. The summed E-state index contributed by atoms with van der Waals surface area (Å²) in [5.74, 6) is -0.269. The third-order valence-corrected chi connectivity index (χ3v) is 3.73. The summed E-state index contributed by atoms with van der Waals surface area (Å²) in [6.45, 7) is 2.12. The van der Waals surface area contributed by atoms with Gasteiger partial charge >= 0.3 is 16.4 Å². The molecule has 0 aliphatic carbocycles. The highest BCUT2D eigenvalue weighted by molar-refractivity contribution is 7.80. The van der Waals surface area contributed by atoms with E-state index in [1.165, 1.54) is 38.5 Å². The zero-order valence-corrected chi connectivity index (χ0v) is 14.4. The predicted molar refractivity (Wildman–Crippen MR) is 84.9 cm³/mol. The van der Waals surface area contributed by atoms with Crippen molar-refractivity contribution in [2.75, 3.05) is 13.2 Å². The van der Waals surface area contributed by atoms with Crippen LogP contribution < -0.4 is 0 Å². The minimum Gasteiger partial charge on any atom is -0.466 e. The monoisotopic (exact) mass is 338 g/mol. The number of unbranched alkanes of at least 4 members (excludes halogenated alkanes) is 8. The number of hydrogen-bond acceptors (Lipinski definition) is 5. The second-order valence-corrected chi connectivity index (χ2v) is 6.49. The Bertz CT molecular complexity index is 366. The summed E-state index contributed by atoms with van der Waals surface area (Å²) in [4.78, 5) is 11.4. The molecule has 0 rings (SSSR count). The Hall–Kier alpha value is -0.660. The van der Waals surface area contributed by atoms with E-state index in [0.29, 0.717) is 6.42 Å². The molecule has 0 saturated carbocycles. The van der Waals surface area contributed by atoms with E-state index in [1.54, 1.807) is 0 Å². The molecule has 0 atom stereocenters. The van der Waals surface area contributed by atoms with Crippen molar-refractivity contribution < 1.29 is 26.7 Å². The zero-order chi connectivity index (χ0) is 16.7. The van der Waals surface area contributed by atoms with Crippen molar-refractivity contribution in [3.05, 3.63) is 0 Å². The first-order valence-electron chi connectivity index (χ1n) is 8.23. The minimum absolute atomic E-state index is 0.103. The van der Waals surface area contributed by atoms with Crippen molar-refractivity contribution in [1.82, 2.24) is 0 Å². The molecule has 0 aliphatic heterocycles. The van der Waals surface area contributed by atoms with Crippen LogP contribution in [0.3, 0.4) is 0 Å². The van der Waals surface area contributed by atoms with E-state index in [2.05, 4.69) is 11.1 Å². The summed E-state index contributed by atoms with van der Waals surface area (Å²) >= 11 is 0. The largest absolute Gasteiger partial charge is 0.466 e. The summed E-state index contributed by atoms with van der Waals surface area (Å²) in [6, 6.07) is 0. The molecular formula is C15H30O6S. The first-order chi connectivity index (χ1) is 10.5. The maximum atomic E-state index is 11.4. The van der Waals surface area contributed by atoms with Crippen LogP contribution in [0.1, 0.15) is 77.6 Å². The zero-order valence-electron chi connectivity index (χ0n) is 13.6. The molecule has 0 aromatic carbocycles. The van der Waals surface area contributed by atoms with E-state index < -0.39 is 10.4 Å². The summed E-state index contributed by atoms with van der Waals surface area (Å²) in [5, 5.41) is 0. The van der Waals surface area contributed by atoms with Crippen LogP contribution in [0.5, 0.6) is 0 Å². The molecule has 0 bridgehead atoms. The van der Waals surface area contributed by atoms with Crippen molar-refractivity contribution >= 4 is 16.4 Å². The average Bonchev–Trinajstić information content (AvgIpc) is 2.44. The lowest BCUT2D eigenvalue weighted by Gasteiger charge is -2.05. The number of hydrogen-bond donors (Lipinski definition) is 1. The molecule has 0 aromatic heterocycles. The molecular weight excluding hydrogens is 308 g/mol. The average molecular weight is 338 g/mol. The first-order valence-corrected chi connectivity index (χ1v) is 9.59. The fraction of sp³-hybridized carbons (Fsp3) is 0.933. The Morgan fingerprint density at radius 2 is 1.41 bits per heavy atom. The van der Waals surface area contributed by atoms with Gasteiger partial charge in [0.1, 0.15) is 0 Å². The first kappa shape index (κ1) is 21.3. The van der Waals surface area contributed by atoms with Gasteiger partial charge in [-0.25, -0.2) is 4.18 Å². The molecule has 22 heavy (non-hydrogen) atoms. The van der Waals surface area contributed by atoms with E-state index in [4.69, 9.17) is 9.29 Å². The SMILES string of the molecule is CCCCCCCCCCCC(=O)OCCCOS(=O)(=O)O. The Morgan fingerprint density at radius 1 is 0.864 bits per heavy atom. The van der Waals surface area contributed by atoms with E-state index >= 15 is 0 Å². The molecule has 132 valence electrons. The molecule has 1 N–H and O–H groups in total. The van der Waals surface area contributed by atoms with Gasteiger partial charge in [0.2, 0.25) is 0 Å². The van der Waals surface area contributed by atoms with Crippen LogP contribution >= 0.6 is 0 Å². The van der Waals surface area contributed by atoms with Gasteiger partial charge in [-0.2, -0.15) is 8.42 Å². The van der Waals surface area contributed by atoms with Crippen molar-refractivity contribution in [3.63, 3.8) is 0 Å². The maximum Gasteiger partial charge on any atom is 0.397 e. The van der Waals surface area contributed by atoms with Gasteiger partial charge in [-0.3, -0.25) is 9.35 Å².